The van der Waals surface area contributed by atoms with Gasteiger partial charge >= 0.3 is 6.09 Å². The largest absolute Gasteiger partial charge is 0.438 e. The summed E-state index contributed by atoms with van der Waals surface area (Å²) < 4.78 is 19.7. The van der Waals surface area contributed by atoms with E-state index in [1.807, 2.05) is 20.8 Å². The van der Waals surface area contributed by atoms with Crippen molar-refractivity contribution in [3.05, 3.63) is 35.1 Å². The van der Waals surface area contributed by atoms with Gasteiger partial charge in [0, 0.05) is 11.0 Å². The number of ether oxygens (including phenoxy) is 1. The number of primary amides is 1. The van der Waals surface area contributed by atoms with Crippen molar-refractivity contribution < 1.29 is 19.0 Å². The molecule has 1 rings (SSSR count). The van der Waals surface area contributed by atoms with Crippen molar-refractivity contribution in [2.24, 2.45) is 11.1 Å². The number of hydrogen-bond acceptors (Lipinski definition) is 3. The van der Waals surface area contributed by atoms with Crippen molar-refractivity contribution >= 4 is 6.09 Å². The molecule has 118 valence electrons. The Labute approximate surface area is 125 Å². The summed E-state index contributed by atoms with van der Waals surface area (Å²) in [5, 5.41) is 9.94. The Bertz CT molecular complexity index is 543. The van der Waals surface area contributed by atoms with Gasteiger partial charge in [0.25, 0.3) is 0 Å². The molecule has 4 nitrogen and oxygen atoms in total. The number of amides is 1. The number of carbonyl (C=O) groups excluding carboxylic acids is 1. The second-order valence-corrected chi connectivity index (χ2v) is 6.96. The summed E-state index contributed by atoms with van der Waals surface area (Å²) in [5.74, 6) is -0.548. The molecule has 0 aromatic heterocycles. The molecule has 3 N–H and O–H groups in total. The SMILES string of the molecule is CC(C)(O)c1ccc([C@@](C)(OC(N)=O)C(C)(C)C)c(F)c1. The van der Waals surface area contributed by atoms with Crippen LogP contribution in [0.3, 0.4) is 0 Å². The Morgan fingerprint density at radius 2 is 1.71 bits per heavy atom. The molecule has 0 aliphatic rings. The highest BCUT2D eigenvalue weighted by Crippen LogP contribution is 2.43. The standard InChI is InChI=1S/C16H24FNO3/c1-14(2,3)16(6,21-13(18)19)11-8-7-10(9-12(11)17)15(4,5)20/h7-9,20H,1-6H3,(H2,18,19)/t16-/m1/s1. The molecule has 0 unspecified atom stereocenters. The molecule has 5 heteroatoms. The summed E-state index contributed by atoms with van der Waals surface area (Å²) in [5.41, 5.74) is 2.86. The molecular formula is C16H24FNO3. The van der Waals surface area contributed by atoms with E-state index in [-0.39, 0.29) is 5.56 Å². The van der Waals surface area contributed by atoms with Gasteiger partial charge in [0.05, 0.1) is 5.60 Å². The van der Waals surface area contributed by atoms with Gasteiger partial charge in [-0.1, -0.05) is 32.9 Å². The lowest BCUT2D eigenvalue weighted by atomic mass is 9.72. The van der Waals surface area contributed by atoms with Gasteiger partial charge in [0.15, 0.2) is 0 Å². The monoisotopic (exact) mass is 297 g/mol. The van der Waals surface area contributed by atoms with Crippen LogP contribution in [-0.2, 0) is 15.9 Å². The van der Waals surface area contributed by atoms with E-state index in [1.165, 1.54) is 12.1 Å². The van der Waals surface area contributed by atoms with E-state index < -0.39 is 28.5 Å². The zero-order valence-electron chi connectivity index (χ0n) is 13.5. The third-order valence-electron chi connectivity index (χ3n) is 3.93. The highest BCUT2D eigenvalue weighted by Gasteiger charge is 2.44. The van der Waals surface area contributed by atoms with Gasteiger partial charge < -0.3 is 15.6 Å². The van der Waals surface area contributed by atoms with Gasteiger partial charge in [-0.05, 0) is 32.4 Å². The van der Waals surface area contributed by atoms with Crippen molar-refractivity contribution in [2.45, 2.75) is 52.7 Å². The highest BCUT2D eigenvalue weighted by molar-refractivity contribution is 5.65. The van der Waals surface area contributed by atoms with Crippen molar-refractivity contribution in [3.63, 3.8) is 0 Å². The highest BCUT2D eigenvalue weighted by atomic mass is 19.1. The number of benzene rings is 1. The first-order valence-electron chi connectivity index (χ1n) is 6.80. The maximum atomic E-state index is 14.5. The first kappa shape index (κ1) is 17.4. The summed E-state index contributed by atoms with van der Waals surface area (Å²) in [6, 6.07) is 4.40. The predicted octanol–water partition coefficient (Wildman–Crippen LogP) is 3.41. The minimum Gasteiger partial charge on any atom is -0.438 e. The van der Waals surface area contributed by atoms with Crippen molar-refractivity contribution in [3.8, 4) is 0 Å². The van der Waals surface area contributed by atoms with Crippen LogP contribution in [0.2, 0.25) is 0 Å². The summed E-state index contributed by atoms with van der Waals surface area (Å²) in [4.78, 5) is 11.2. The lowest BCUT2D eigenvalue weighted by Crippen LogP contribution is -2.43. The molecule has 1 aromatic carbocycles. The number of carbonyl (C=O) groups is 1. The number of rotatable bonds is 3. The van der Waals surface area contributed by atoms with Crippen LogP contribution in [0.25, 0.3) is 0 Å². The van der Waals surface area contributed by atoms with E-state index in [1.54, 1.807) is 26.8 Å². The minimum absolute atomic E-state index is 0.224. The van der Waals surface area contributed by atoms with Crippen LogP contribution in [0, 0.1) is 11.2 Å². The Morgan fingerprint density at radius 3 is 2.05 bits per heavy atom. The molecular weight excluding hydrogens is 273 g/mol. The molecule has 0 saturated heterocycles. The maximum absolute atomic E-state index is 14.5. The molecule has 21 heavy (non-hydrogen) atoms. The van der Waals surface area contributed by atoms with E-state index in [0.717, 1.165) is 0 Å². The summed E-state index contributed by atoms with van der Waals surface area (Å²) in [6.07, 6.45) is -0.960. The Kier molecular flexibility index (Phi) is 4.40. The van der Waals surface area contributed by atoms with Crippen molar-refractivity contribution in [2.75, 3.05) is 0 Å². The van der Waals surface area contributed by atoms with Gasteiger partial charge in [-0.3, -0.25) is 0 Å². The van der Waals surface area contributed by atoms with Crippen LogP contribution in [0.1, 0.15) is 52.7 Å². The molecule has 0 radical (unpaired) electrons. The topological polar surface area (TPSA) is 72.6 Å². The molecule has 0 bridgehead atoms. The van der Waals surface area contributed by atoms with Gasteiger partial charge in [-0.25, -0.2) is 9.18 Å². The van der Waals surface area contributed by atoms with E-state index >= 15 is 0 Å². The summed E-state index contributed by atoms with van der Waals surface area (Å²) in [7, 11) is 0. The minimum atomic E-state index is -1.22. The molecule has 0 aliphatic heterocycles. The number of halogens is 1. The Balaban J connectivity index is 3.44. The average Bonchev–Trinajstić information content (AvgIpc) is 2.24. The van der Waals surface area contributed by atoms with Crippen LogP contribution < -0.4 is 5.73 Å². The predicted molar refractivity (Wildman–Crippen MR) is 79.1 cm³/mol. The molecule has 1 atom stereocenters. The quantitative estimate of drug-likeness (QED) is 0.898. The van der Waals surface area contributed by atoms with Gasteiger partial charge in [-0.15, -0.1) is 0 Å². The summed E-state index contributed by atoms with van der Waals surface area (Å²) in [6.45, 7) is 10.3. The fourth-order valence-corrected chi connectivity index (χ4v) is 2.10. The lowest BCUT2D eigenvalue weighted by Gasteiger charge is -2.41. The third-order valence-corrected chi connectivity index (χ3v) is 3.93. The maximum Gasteiger partial charge on any atom is 0.405 e. The van der Waals surface area contributed by atoms with Gasteiger partial charge in [0.1, 0.15) is 11.4 Å². The van der Waals surface area contributed by atoms with Crippen LogP contribution in [0.15, 0.2) is 18.2 Å². The third kappa shape index (κ3) is 3.53. The van der Waals surface area contributed by atoms with Crippen LogP contribution in [0.5, 0.6) is 0 Å². The second kappa shape index (κ2) is 5.30. The fourth-order valence-electron chi connectivity index (χ4n) is 2.10. The molecule has 0 fully saturated rings. The van der Waals surface area contributed by atoms with Crippen LogP contribution >= 0.6 is 0 Å². The van der Waals surface area contributed by atoms with E-state index in [9.17, 15) is 14.3 Å². The lowest BCUT2D eigenvalue weighted by molar-refractivity contribution is -0.0583. The zero-order valence-corrected chi connectivity index (χ0v) is 13.5. The smallest absolute Gasteiger partial charge is 0.405 e. The Morgan fingerprint density at radius 1 is 1.19 bits per heavy atom. The number of hydrogen-bond donors (Lipinski definition) is 2. The average molecular weight is 297 g/mol. The molecule has 0 aliphatic carbocycles. The van der Waals surface area contributed by atoms with Gasteiger partial charge in [0.2, 0.25) is 0 Å². The molecule has 0 saturated carbocycles. The molecule has 0 heterocycles. The van der Waals surface area contributed by atoms with E-state index in [4.69, 9.17) is 10.5 Å². The Hall–Kier alpha value is -1.62. The second-order valence-electron chi connectivity index (χ2n) is 6.96. The molecule has 1 amide bonds. The first-order valence-corrected chi connectivity index (χ1v) is 6.80. The van der Waals surface area contributed by atoms with Crippen molar-refractivity contribution in [1.29, 1.82) is 0 Å². The first-order chi connectivity index (χ1) is 9.29. The van der Waals surface area contributed by atoms with Crippen molar-refractivity contribution in [1.82, 2.24) is 0 Å². The fraction of sp³-hybridized carbons (Fsp3) is 0.562. The van der Waals surface area contributed by atoms with E-state index in [0.29, 0.717) is 5.56 Å². The van der Waals surface area contributed by atoms with E-state index in [2.05, 4.69) is 0 Å². The van der Waals surface area contributed by atoms with Crippen LogP contribution in [-0.4, -0.2) is 11.2 Å². The molecule has 1 aromatic rings. The number of nitrogens with two attached hydrogens (primary N) is 1. The zero-order chi connectivity index (χ0) is 16.6. The normalized spacial score (nSPS) is 15.4. The molecule has 0 spiro atoms. The summed E-state index contributed by atoms with van der Waals surface area (Å²) >= 11 is 0. The number of aliphatic hydroxyl groups is 1. The van der Waals surface area contributed by atoms with Gasteiger partial charge in [-0.2, -0.15) is 0 Å². The van der Waals surface area contributed by atoms with Crippen LogP contribution in [0.4, 0.5) is 9.18 Å².